The average molecular weight is 204 g/mol. The van der Waals surface area contributed by atoms with Crippen LogP contribution in [0.5, 0.6) is 5.75 Å². The first-order valence-electron chi connectivity index (χ1n) is 5.30. The largest absolute Gasteiger partial charge is 0.496 e. The van der Waals surface area contributed by atoms with Gasteiger partial charge in [0.25, 0.3) is 0 Å². The molecule has 1 aromatic carbocycles. The van der Waals surface area contributed by atoms with Gasteiger partial charge in [0.1, 0.15) is 5.75 Å². The molecule has 0 atom stereocenters. The molecule has 0 bridgehead atoms. The molecule has 1 rings (SSSR count). The van der Waals surface area contributed by atoms with E-state index in [4.69, 9.17) is 4.74 Å². The van der Waals surface area contributed by atoms with Gasteiger partial charge in [-0.15, -0.1) is 0 Å². The van der Waals surface area contributed by atoms with Gasteiger partial charge >= 0.3 is 0 Å². The molecule has 1 aromatic rings. The predicted molar refractivity (Wildman–Crippen MR) is 66.4 cm³/mol. The van der Waals surface area contributed by atoms with Crippen LogP contribution in [-0.2, 0) is 5.41 Å². The summed E-state index contributed by atoms with van der Waals surface area (Å²) in [6.07, 6.45) is 4.11. The molecule has 0 saturated heterocycles. The lowest BCUT2D eigenvalue weighted by Crippen LogP contribution is -2.12. The van der Waals surface area contributed by atoms with Crippen molar-refractivity contribution in [1.29, 1.82) is 0 Å². The molecule has 0 amide bonds. The first-order chi connectivity index (χ1) is 6.99. The van der Waals surface area contributed by atoms with Crippen molar-refractivity contribution in [2.24, 2.45) is 0 Å². The molecular formula is C14H20O. The monoisotopic (exact) mass is 204 g/mol. The maximum absolute atomic E-state index is 5.42. The summed E-state index contributed by atoms with van der Waals surface area (Å²) in [7, 11) is 1.73. The zero-order valence-electron chi connectivity index (χ0n) is 10.3. The van der Waals surface area contributed by atoms with Gasteiger partial charge in [0.2, 0.25) is 0 Å². The first-order valence-corrected chi connectivity index (χ1v) is 5.30. The van der Waals surface area contributed by atoms with Gasteiger partial charge in [0.15, 0.2) is 0 Å². The molecule has 0 aromatic heterocycles. The lowest BCUT2D eigenvalue weighted by Gasteiger charge is -2.22. The van der Waals surface area contributed by atoms with Gasteiger partial charge in [-0.25, -0.2) is 0 Å². The number of allylic oxidation sites excluding steroid dienone is 1. The van der Waals surface area contributed by atoms with Crippen molar-refractivity contribution in [3.63, 3.8) is 0 Å². The Morgan fingerprint density at radius 3 is 2.33 bits per heavy atom. The normalized spacial score (nSPS) is 12.1. The zero-order valence-corrected chi connectivity index (χ0v) is 10.3. The van der Waals surface area contributed by atoms with Crippen LogP contribution in [0.1, 0.15) is 38.8 Å². The predicted octanol–water partition coefficient (Wildman–Crippen LogP) is 4.03. The third kappa shape index (κ3) is 2.85. The molecule has 0 fully saturated rings. The summed E-state index contributed by atoms with van der Waals surface area (Å²) in [6.45, 7) is 8.60. The van der Waals surface area contributed by atoms with Gasteiger partial charge in [0, 0.05) is 0 Å². The molecule has 15 heavy (non-hydrogen) atoms. The summed E-state index contributed by atoms with van der Waals surface area (Å²) < 4.78 is 5.42. The highest BCUT2D eigenvalue weighted by atomic mass is 16.5. The second-order valence-electron chi connectivity index (χ2n) is 4.71. The Morgan fingerprint density at radius 2 is 1.87 bits per heavy atom. The number of methoxy groups -OCH3 is 1. The molecular weight excluding hydrogens is 184 g/mol. The van der Waals surface area contributed by atoms with Crippen LogP contribution in [0.4, 0.5) is 0 Å². The molecule has 0 spiro atoms. The zero-order chi connectivity index (χ0) is 11.5. The Hall–Kier alpha value is -1.24. The first kappa shape index (κ1) is 11.8. The van der Waals surface area contributed by atoms with Crippen LogP contribution in [0.3, 0.4) is 0 Å². The molecule has 0 aliphatic rings. The Kier molecular flexibility index (Phi) is 3.57. The molecule has 0 unspecified atom stereocenters. The minimum Gasteiger partial charge on any atom is -0.496 e. The van der Waals surface area contributed by atoms with Gasteiger partial charge in [-0.3, -0.25) is 0 Å². The summed E-state index contributed by atoms with van der Waals surface area (Å²) in [5, 5.41) is 0. The minimum absolute atomic E-state index is 0.125. The Balaban J connectivity index is 3.21. The molecule has 0 aliphatic heterocycles. The van der Waals surface area contributed by atoms with Gasteiger partial charge in [-0.1, -0.05) is 45.1 Å². The minimum atomic E-state index is 0.125. The van der Waals surface area contributed by atoms with E-state index in [1.807, 2.05) is 13.0 Å². The van der Waals surface area contributed by atoms with Crippen LogP contribution in [0.2, 0.25) is 0 Å². The Bertz CT molecular complexity index is 356. The van der Waals surface area contributed by atoms with E-state index in [1.54, 1.807) is 7.11 Å². The summed E-state index contributed by atoms with van der Waals surface area (Å²) >= 11 is 0. The summed E-state index contributed by atoms with van der Waals surface area (Å²) in [5.41, 5.74) is 2.56. The number of benzene rings is 1. The van der Waals surface area contributed by atoms with Crippen molar-refractivity contribution < 1.29 is 4.74 Å². The second-order valence-corrected chi connectivity index (χ2v) is 4.71. The lowest BCUT2D eigenvalue weighted by atomic mass is 9.86. The number of hydrogen-bond acceptors (Lipinski definition) is 1. The molecule has 0 aliphatic carbocycles. The van der Waals surface area contributed by atoms with E-state index < -0.39 is 0 Å². The van der Waals surface area contributed by atoms with E-state index in [0.717, 1.165) is 5.75 Å². The van der Waals surface area contributed by atoms with Crippen molar-refractivity contribution in [2.75, 3.05) is 7.11 Å². The maximum Gasteiger partial charge on any atom is 0.123 e. The van der Waals surface area contributed by atoms with E-state index in [0.29, 0.717) is 0 Å². The number of ether oxygens (including phenoxy) is 1. The van der Waals surface area contributed by atoms with Crippen molar-refractivity contribution in [3.05, 3.63) is 35.4 Å². The second kappa shape index (κ2) is 4.52. The highest BCUT2D eigenvalue weighted by molar-refractivity contribution is 5.54. The molecule has 0 saturated carbocycles. The van der Waals surface area contributed by atoms with Crippen LogP contribution in [0.25, 0.3) is 6.08 Å². The van der Waals surface area contributed by atoms with Crippen molar-refractivity contribution in [2.45, 2.75) is 33.1 Å². The summed E-state index contributed by atoms with van der Waals surface area (Å²) in [5.74, 6) is 0.970. The van der Waals surface area contributed by atoms with Gasteiger partial charge in [-0.2, -0.15) is 0 Å². The van der Waals surface area contributed by atoms with Crippen molar-refractivity contribution >= 4 is 6.08 Å². The third-order valence-corrected chi connectivity index (χ3v) is 2.39. The molecule has 82 valence electrons. The Labute approximate surface area is 92.8 Å². The fraction of sp³-hybridized carbons (Fsp3) is 0.429. The summed E-state index contributed by atoms with van der Waals surface area (Å²) in [6, 6.07) is 6.36. The lowest BCUT2D eigenvalue weighted by molar-refractivity contribution is 0.397. The van der Waals surface area contributed by atoms with E-state index in [2.05, 4.69) is 45.0 Å². The molecule has 1 heteroatoms. The number of hydrogen-bond donors (Lipinski definition) is 0. The van der Waals surface area contributed by atoms with Crippen LogP contribution >= 0.6 is 0 Å². The van der Waals surface area contributed by atoms with Crippen LogP contribution < -0.4 is 4.74 Å². The van der Waals surface area contributed by atoms with Gasteiger partial charge < -0.3 is 4.74 Å². The molecule has 1 nitrogen and oxygen atoms in total. The topological polar surface area (TPSA) is 9.23 Å². The fourth-order valence-corrected chi connectivity index (χ4v) is 1.62. The van der Waals surface area contributed by atoms with Crippen molar-refractivity contribution in [3.8, 4) is 5.75 Å². The SMILES string of the molecule is C/C=C/c1ccc(C(C)(C)C)c(OC)c1. The smallest absolute Gasteiger partial charge is 0.123 e. The standard InChI is InChI=1S/C14H20O/c1-6-7-11-8-9-12(14(2,3)4)13(10-11)15-5/h6-10H,1-5H3/b7-6+. The van der Waals surface area contributed by atoms with Crippen LogP contribution in [-0.4, -0.2) is 7.11 Å². The van der Waals surface area contributed by atoms with Crippen LogP contribution in [0, 0.1) is 0 Å². The number of rotatable bonds is 2. The molecule has 0 N–H and O–H groups in total. The Morgan fingerprint density at radius 1 is 1.20 bits per heavy atom. The fourth-order valence-electron chi connectivity index (χ4n) is 1.62. The van der Waals surface area contributed by atoms with Gasteiger partial charge in [0.05, 0.1) is 7.11 Å². The van der Waals surface area contributed by atoms with Gasteiger partial charge in [-0.05, 0) is 29.5 Å². The van der Waals surface area contributed by atoms with E-state index in [-0.39, 0.29) is 5.41 Å². The third-order valence-electron chi connectivity index (χ3n) is 2.39. The maximum atomic E-state index is 5.42. The highest BCUT2D eigenvalue weighted by Crippen LogP contribution is 2.32. The van der Waals surface area contributed by atoms with E-state index in [1.165, 1.54) is 11.1 Å². The molecule has 0 radical (unpaired) electrons. The van der Waals surface area contributed by atoms with Crippen molar-refractivity contribution in [1.82, 2.24) is 0 Å². The average Bonchev–Trinajstić information content (AvgIpc) is 2.16. The van der Waals surface area contributed by atoms with Crippen LogP contribution in [0.15, 0.2) is 24.3 Å². The summed E-state index contributed by atoms with van der Waals surface area (Å²) in [4.78, 5) is 0. The van der Waals surface area contributed by atoms with E-state index >= 15 is 0 Å². The molecule has 0 heterocycles. The highest BCUT2D eigenvalue weighted by Gasteiger charge is 2.18. The van der Waals surface area contributed by atoms with E-state index in [9.17, 15) is 0 Å². The quantitative estimate of drug-likeness (QED) is 0.706.